The summed E-state index contributed by atoms with van der Waals surface area (Å²) in [5, 5.41) is 17.5. The van der Waals surface area contributed by atoms with Crippen LogP contribution in [0.2, 0.25) is 0 Å². The molecule has 2 N–H and O–H groups in total. The number of methoxy groups -OCH3 is 1. The van der Waals surface area contributed by atoms with Crippen molar-refractivity contribution >= 4 is 17.5 Å². The second-order valence-corrected chi connectivity index (χ2v) is 6.72. The summed E-state index contributed by atoms with van der Waals surface area (Å²) >= 11 is 0. The smallest absolute Gasteiger partial charge is 0.337 e. The fraction of sp³-hybridized carbons (Fsp3) is 0.0870. The molecular weight excluding hydrogens is 380 g/mol. The Kier molecular flexibility index (Phi) is 5.17. The minimum absolute atomic E-state index is 0.0972. The van der Waals surface area contributed by atoms with Gasteiger partial charge in [-0.1, -0.05) is 35.9 Å². The lowest BCUT2D eigenvalue weighted by Crippen LogP contribution is -2.07. The fourth-order valence-electron chi connectivity index (χ4n) is 3.06. The molecule has 0 radical (unpaired) electrons. The average Bonchev–Trinajstić information content (AvgIpc) is 3.18. The predicted octanol–water partition coefficient (Wildman–Crippen LogP) is 4.69. The molecule has 0 saturated heterocycles. The standard InChI is InChI=1S/C23H20N4O3/c1-15-6-8-16(9-7-15)20-14-22(27(26-20)21-5-3-4-12-24-21)25-19-11-10-17(30-2)13-18(19)23(28)29/h3-14,25H,1-2H3,(H,28,29). The zero-order valence-electron chi connectivity index (χ0n) is 16.5. The molecule has 0 spiro atoms. The second kappa shape index (κ2) is 8.08. The Morgan fingerprint density at radius 3 is 2.53 bits per heavy atom. The highest BCUT2D eigenvalue weighted by Crippen LogP contribution is 2.29. The number of carboxylic acid groups (broad SMARTS) is 1. The van der Waals surface area contributed by atoms with E-state index in [4.69, 9.17) is 9.84 Å². The number of hydrogen-bond acceptors (Lipinski definition) is 5. The van der Waals surface area contributed by atoms with Gasteiger partial charge in [-0.15, -0.1) is 0 Å². The molecule has 2 heterocycles. The van der Waals surface area contributed by atoms with Gasteiger partial charge in [-0.3, -0.25) is 0 Å². The van der Waals surface area contributed by atoms with Crippen LogP contribution in [0.15, 0.2) is 72.9 Å². The highest BCUT2D eigenvalue weighted by atomic mass is 16.5. The minimum Gasteiger partial charge on any atom is -0.497 e. The van der Waals surface area contributed by atoms with E-state index in [1.165, 1.54) is 13.2 Å². The number of aromatic carboxylic acids is 1. The second-order valence-electron chi connectivity index (χ2n) is 6.72. The molecule has 0 aliphatic heterocycles. The molecule has 0 fully saturated rings. The monoisotopic (exact) mass is 400 g/mol. The summed E-state index contributed by atoms with van der Waals surface area (Å²) in [6, 6.07) is 20.3. The van der Waals surface area contributed by atoms with E-state index >= 15 is 0 Å². The van der Waals surface area contributed by atoms with Crippen LogP contribution in [0.5, 0.6) is 5.75 Å². The van der Waals surface area contributed by atoms with E-state index in [0.29, 0.717) is 23.1 Å². The van der Waals surface area contributed by atoms with Gasteiger partial charge in [-0.2, -0.15) is 9.78 Å². The Morgan fingerprint density at radius 2 is 1.87 bits per heavy atom. The van der Waals surface area contributed by atoms with Crippen LogP contribution in [-0.2, 0) is 0 Å². The number of benzene rings is 2. The zero-order valence-corrected chi connectivity index (χ0v) is 16.5. The summed E-state index contributed by atoms with van der Waals surface area (Å²) in [5.41, 5.74) is 3.38. The number of carboxylic acids is 1. The average molecular weight is 400 g/mol. The van der Waals surface area contributed by atoms with Crippen LogP contribution in [-0.4, -0.2) is 33.0 Å². The van der Waals surface area contributed by atoms with Crippen LogP contribution >= 0.6 is 0 Å². The number of aromatic nitrogens is 3. The SMILES string of the molecule is COc1ccc(Nc2cc(-c3ccc(C)cc3)nn2-c2ccccn2)c(C(=O)O)c1. The van der Waals surface area contributed by atoms with Crippen molar-refractivity contribution in [2.24, 2.45) is 0 Å². The molecule has 150 valence electrons. The van der Waals surface area contributed by atoms with Gasteiger partial charge in [-0.25, -0.2) is 9.78 Å². The maximum Gasteiger partial charge on any atom is 0.337 e. The maximum absolute atomic E-state index is 11.8. The Bertz CT molecular complexity index is 1190. The van der Waals surface area contributed by atoms with Crippen LogP contribution in [0, 0.1) is 6.92 Å². The Morgan fingerprint density at radius 1 is 1.07 bits per heavy atom. The topological polar surface area (TPSA) is 89.3 Å². The summed E-state index contributed by atoms with van der Waals surface area (Å²) in [5.74, 6) is 0.622. The molecule has 7 nitrogen and oxygen atoms in total. The number of hydrogen-bond donors (Lipinski definition) is 2. The van der Waals surface area contributed by atoms with Crippen LogP contribution in [0.1, 0.15) is 15.9 Å². The van der Waals surface area contributed by atoms with E-state index in [2.05, 4.69) is 10.3 Å². The van der Waals surface area contributed by atoms with Gasteiger partial charge in [0.05, 0.1) is 24.1 Å². The van der Waals surface area contributed by atoms with Gasteiger partial charge in [0.2, 0.25) is 0 Å². The van der Waals surface area contributed by atoms with Crippen molar-refractivity contribution in [1.82, 2.24) is 14.8 Å². The van der Waals surface area contributed by atoms with Crippen molar-refractivity contribution in [2.75, 3.05) is 12.4 Å². The molecule has 2 aromatic carbocycles. The highest BCUT2D eigenvalue weighted by Gasteiger charge is 2.16. The lowest BCUT2D eigenvalue weighted by atomic mass is 10.1. The number of anilines is 2. The highest BCUT2D eigenvalue weighted by molar-refractivity contribution is 5.95. The van der Waals surface area contributed by atoms with Crippen LogP contribution in [0.25, 0.3) is 17.1 Å². The van der Waals surface area contributed by atoms with E-state index in [0.717, 1.165) is 16.8 Å². The largest absolute Gasteiger partial charge is 0.497 e. The molecule has 4 aromatic rings. The lowest BCUT2D eigenvalue weighted by Gasteiger charge is -2.12. The van der Waals surface area contributed by atoms with Crippen molar-refractivity contribution in [3.63, 3.8) is 0 Å². The maximum atomic E-state index is 11.8. The first-order valence-corrected chi connectivity index (χ1v) is 9.32. The van der Waals surface area contributed by atoms with Gasteiger partial charge in [0.25, 0.3) is 0 Å². The molecule has 0 bridgehead atoms. The number of nitrogens with one attached hydrogen (secondary N) is 1. The predicted molar refractivity (Wildman–Crippen MR) is 115 cm³/mol. The van der Waals surface area contributed by atoms with Crippen molar-refractivity contribution in [2.45, 2.75) is 6.92 Å². The summed E-state index contributed by atoms with van der Waals surface area (Å²) in [6.07, 6.45) is 1.68. The lowest BCUT2D eigenvalue weighted by molar-refractivity contribution is 0.0697. The van der Waals surface area contributed by atoms with Crippen molar-refractivity contribution in [3.8, 4) is 22.8 Å². The van der Waals surface area contributed by atoms with Gasteiger partial charge >= 0.3 is 5.97 Å². The summed E-state index contributed by atoms with van der Waals surface area (Å²) < 4.78 is 6.81. The van der Waals surface area contributed by atoms with Crippen molar-refractivity contribution < 1.29 is 14.6 Å². The molecule has 0 amide bonds. The van der Waals surface area contributed by atoms with E-state index in [1.54, 1.807) is 23.0 Å². The Balaban J connectivity index is 1.81. The van der Waals surface area contributed by atoms with Crippen LogP contribution < -0.4 is 10.1 Å². The van der Waals surface area contributed by atoms with Crippen LogP contribution in [0.3, 0.4) is 0 Å². The molecule has 0 aliphatic carbocycles. The Labute approximate surface area is 173 Å². The molecule has 0 atom stereocenters. The number of nitrogens with zero attached hydrogens (tertiary/aromatic N) is 3. The van der Waals surface area contributed by atoms with Gasteiger partial charge in [0.1, 0.15) is 11.6 Å². The number of pyridine rings is 1. The first-order valence-electron chi connectivity index (χ1n) is 9.32. The third kappa shape index (κ3) is 3.86. The number of aryl methyl sites for hydroxylation is 1. The molecule has 7 heteroatoms. The van der Waals surface area contributed by atoms with E-state index in [1.807, 2.05) is 55.5 Å². The Hall–Kier alpha value is -4.13. The first-order chi connectivity index (χ1) is 14.5. The van der Waals surface area contributed by atoms with E-state index in [-0.39, 0.29) is 5.56 Å². The zero-order chi connectivity index (χ0) is 21.1. The fourth-order valence-corrected chi connectivity index (χ4v) is 3.06. The molecule has 4 rings (SSSR count). The minimum atomic E-state index is -1.06. The van der Waals surface area contributed by atoms with E-state index in [9.17, 15) is 9.90 Å². The third-order valence-corrected chi connectivity index (χ3v) is 4.64. The normalized spacial score (nSPS) is 10.6. The quantitative estimate of drug-likeness (QED) is 0.488. The number of rotatable bonds is 6. The van der Waals surface area contributed by atoms with Gasteiger partial charge in [0, 0.05) is 17.8 Å². The number of ether oxygens (including phenoxy) is 1. The van der Waals surface area contributed by atoms with Gasteiger partial charge in [-0.05, 0) is 37.3 Å². The molecular formula is C23H20N4O3. The molecule has 30 heavy (non-hydrogen) atoms. The molecule has 0 unspecified atom stereocenters. The summed E-state index contributed by atoms with van der Waals surface area (Å²) in [6.45, 7) is 2.03. The molecule has 0 saturated carbocycles. The van der Waals surface area contributed by atoms with Gasteiger partial charge in [0.15, 0.2) is 5.82 Å². The third-order valence-electron chi connectivity index (χ3n) is 4.64. The summed E-state index contributed by atoms with van der Waals surface area (Å²) in [7, 11) is 1.50. The molecule has 2 aromatic heterocycles. The first kappa shape index (κ1) is 19.2. The van der Waals surface area contributed by atoms with Crippen molar-refractivity contribution in [1.29, 1.82) is 0 Å². The van der Waals surface area contributed by atoms with Crippen molar-refractivity contribution in [3.05, 3.63) is 84.1 Å². The van der Waals surface area contributed by atoms with Crippen LogP contribution in [0.4, 0.5) is 11.5 Å². The van der Waals surface area contributed by atoms with Gasteiger partial charge < -0.3 is 15.2 Å². The number of carbonyl (C=O) groups is 1. The summed E-state index contributed by atoms with van der Waals surface area (Å²) in [4.78, 5) is 16.1. The van der Waals surface area contributed by atoms with E-state index < -0.39 is 5.97 Å². The molecule has 0 aliphatic rings.